The minimum atomic E-state index is -0.229. The second-order valence-electron chi connectivity index (χ2n) is 8.77. The molecule has 168 valence electrons. The van der Waals surface area contributed by atoms with Crippen molar-refractivity contribution in [3.63, 3.8) is 0 Å². The van der Waals surface area contributed by atoms with Crippen molar-refractivity contribution >= 4 is 22.5 Å². The van der Waals surface area contributed by atoms with Gasteiger partial charge in [0.2, 0.25) is 0 Å². The van der Waals surface area contributed by atoms with Crippen molar-refractivity contribution in [3.05, 3.63) is 76.5 Å². The summed E-state index contributed by atoms with van der Waals surface area (Å²) in [5.41, 5.74) is 1.19. The van der Waals surface area contributed by atoms with E-state index in [1.807, 2.05) is 24.3 Å². The molecule has 1 fully saturated rings. The summed E-state index contributed by atoms with van der Waals surface area (Å²) < 4.78 is 15.7. The van der Waals surface area contributed by atoms with Crippen LogP contribution in [0.4, 0.5) is 14.9 Å². The van der Waals surface area contributed by atoms with E-state index in [0.29, 0.717) is 48.9 Å². The number of halogens is 1. The number of anilines is 1. The Morgan fingerprint density at radius 1 is 1.06 bits per heavy atom. The number of pyridine rings is 1. The lowest BCUT2D eigenvalue weighted by atomic mass is 10.1. The monoisotopic (exact) mass is 436 g/mol. The number of carbonyl (C=O) groups is 1. The maximum atomic E-state index is 14.0. The van der Waals surface area contributed by atoms with E-state index in [9.17, 15) is 14.0 Å². The molecule has 1 aromatic heterocycles. The van der Waals surface area contributed by atoms with Crippen LogP contribution in [0.2, 0.25) is 0 Å². The summed E-state index contributed by atoms with van der Waals surface area (Å²) in [5.74, 6) is 0.0689. The van der Waals surface area contributed by atoms with Gasteiger partial charge in [-0.05, 0) is 24.5 Å². The van der Waals surface area contributed by atoms with Gasteiger partial charge >= 0.3 is 6.03 Å². The van der Waals surface area contributed by atoms with E-state index >= 15 is 0 Å². The van der Waals surface area contributed by atoms with Gasteiger partial charge in [0.15, 0.2) is 0 Å². The fourth-order valence-corrected chi connectivity index (χ4v) is 4.20. The van der Waals surface area contributed by atoms with Crippen molar-refractivity contribution in [2.45, 2.75) is 33.4 Å². The average molecular weight is 437 g/mol. The van der Waals surface area contributed by atoms with Gasteiger partial charge in [0.1, 0.15) is 5.82 Å². The molecule has 1 saturated heterocycles. The molecule has 0 aliphatic carbocycles. The maximum absolute atomic E-state index is 14.0. The van der Waals surface area contributed by atoms with E-state index in [-0.39, 0.29) is 17.4 Å². The molecule has 3 aromatic rings. The van der Waals surface area contributed by atoms with Crippen molar-refractivity contribution in [2.24, 2.45) is 5.92 Å². The van der Waals surface area contributed by atoms with E-state index in [4.69, 9.17) is 0 Å². The quantitative estimate of drug-likeness (QED) is 0.641. The summed E-state index contributed by atoms with van der Waals surface area (Å²) in [4.78, 5) is 29.8. The summed E-state index contributed by atoms with van der Waals surface area (Å²) in [6.07, 6.45) is 2.55. The van der Waals surface area contributed by atoms with Crippen LogP contribution in [-0.2, 0) is 13.1 Å². The number of hydrogen-bond donors (Lipinski definition) is 1. The number of nitrogens with zero attached hydrogens (tertiary/aromatic N) is 3. The van der Waals surface area contributed by atoms with Gasteiger partial charge in [0, 0.05) is 48.7 Å². The zero-order valence-corrected chi connectivity index (χ0v) is 18.6. The van der Waals surface area contributed by atoms with Crippen LogP contribution in [0.3, 0.4) is 0 Å². The molecule has 1 aliphatic heterocycles. The lowest BCUT2D eigenvalue weighted by Crippen LogP contribution is -2.48. The first-order chi connectivity index (χ1) is 15.4. The van der Waals surface area contributed by atoms with Crippen molar-refractivity contribution < 1.29 is 9.18 Å². The van der Waals surface area contributed by atoms with Gasteiger partial charge in [0.25, 0.3) is 5.56 Å². The lowest BCUT2D eigenvalue weighted by Gasteiger charge is -2.35. The SMILES string of the molecule is CC(C)Cn1cc(NC(=O)N2CCCN(Cc3ccccc3F)C2)c2ccccc2c1=O. The first-order valence-electron chi connectivity index (χ1n) is 11.1. The van der Waals surface area contributed by atoms with Gasteiger partial charge < -0.3 is 14.8 Å². The molecule has 0 unspecified atom stereocenters. The van der Waals surface area contributed by atoms with Gasteiger partial charge in [-0.15, -0.1) is 0 Å². The fourth-order valence-electron chi connectivity index (χ4n) is 4.20. The standard InChI is InChI=1S/C25H29FN4O2/c1-18(2)14-30-16-23(20-9-4-5-10-21(20)24(30)31)27-25(32)29-13-7-12-28(17-29)15-19-8-3-6-11-22(19)26/h3-6,8-11,16,18H,7,12-15,17H2,1-2H3,(H,27,32). The zero-order valence-electron chi connectivity index (χ0n) is 18.6. The third kappa shape index (κ3) is 4.83. The Balaban J connectivity index is 1.54. The lowest BCUT2D eigenvalue weighted by molar-refractivity contribution is 0.104. The van der Waals surface area contributed by atoms with Crippen molar-refractivity contribution in [3.8, 4) is 0 Å². The molecule has 0 bridgehead atoms. The topological polar surface area (TPSA) is 57.6 Å². The molecular weight excluding hydrogens is 407 g/mol. The van der Waals surface area contributed by atoms with Crippen LogP contribution in [0.5, 0.6) is 0 Å². The van der Waals surface area contributed by atoms with Crippen molar-refractivity contribution in [2.75, 3.05) is 25.1 Å². The van der Waals surface area contributed by atoms with Crippen molar-refractivity contribution in [1.29, 1.82) is 0 Å². The van der Waals surface area contributed by atoms with Crippen LogP contribution < -0.4 is 10.9 Å². The Morgan fingerprint density at radius 2 is 1.78 bits per heavy atom. The fraction of sp³-hybridized carbons (Fsp3) is 0.360. The molecule has 0 saturated carbocycles. The predicted molar refractivity (Wildman–Crippen MR) is 125 cm³/mol. The van der Waals surface area contributed by atoms with Gasteiger partial charge in [-0.25, -0.2) is 9.18 Å². The van der Waals surface area contributed by atoms with Crippen LogP contribution in [-0.4, -0.2) is 40.2 Å². The molecule has 0 atom stereocenters. The number of amides is 2. The summed E-state index contributed by atoms with van der Waals surface area (Å²) >= 11 is 0. The van der Waals surface area contributed by atoms with Crippen LogP contribution in [0.25, 0.3) is 10.8 Å². The Morgan fingerprint density at radius 3 is 2.53 bits per heavy atom. The Hall–Kier alpha value is -3.19. The van der Waals surface area contributed by atoms with Crippen LogP contribution in [0.15, 0.2) is 59.5 Å². The van der Waals surface area contributed by atoms with Crippen molar-refractivity contribution in [1.82, 2.24) is 14.4 Å². The summed E-state index contributed by atoms with van der Waals surface area (Å²) in [6, 6.07) is 13.9. The summed E-state index contributed by atoms with van der Waals surface area (Å²) in [6.45, 7) is 6.99. The average Bonchev–Trinajstić information content (AvgIpc) is 2.78. The number of aromatic nitrogens is 1. The van der Waals surface area contributed by atoms with E-state index in [1.165, 1.54) is 6.07 Å². The molecule has 7 heteroatoms. The molecule has 0 radical (unpaired) electrons. The normalized spacial score (nSPS) is 14.8. The van der Waals surface area contributed by atoms with E-state index in [2.05, 4.69) is 24.1 Å². The number of rotatable bonds is 5. The van der Waals surface area contributed by atoms with Gasteiger partial charge in [-0.2, -0.15) is 0 Å². The van der Waals surface area contributed by atoms with Crippen LogP contribution >= 0.6 is 0 Å². The van der Waals surface area contributed by atoms with Crippen LogP contribution in [0.1, 0.15) is 25.8 Å². The molecule has 0 spiro atoms. The second-order valence-corrected chi connectivity index (χ2v) is 8.77. The first-order valence-corrected chi connectivity index (χ1v) is 11.1. The third-order valence-corrected chi connectivity index (χ3v) is 5.71. The van der Waals surface area contributed by atoms with Crippen LogP contribution in [0, 0.1) is 11.7 Å². The molecule has 4 rings (SSSR count). The number of benzene rings is 2. The second kappa shape index (κ2) is 9.53. The number of fused-ring (bicyclic) bond motifs is 1. The number of urea groups is 1. The minimum absolute atomic E-state index is 0.0543. The molecule has 1 aliphatic rings. The molecule has 6 nitrogen and oxygen atoms in total. The highest BCUT2D eigenvalue weighted by Gasteiger charge is 2.23. The molecular formula is C25H29FN4O2. The first kappa shape index (κ1) is 22.0. The largest absolute Gasteiger partial charge is 0.322 e. The van der Waals surface area contributed by atoms with E-state index in [0.717, 1.165) is 18.4 Å². The molecule has 2 aromatic carbocycles. The molecule has 2 amide bonds. The molecule has 1 N–H and O–H groups in total. The highest BCUT2D eigenvalue weighted by atomic mass is 19.1. The summed E-state index contributed by atoms with van der Waals surface area (Å²) in [7, 11) is 0. The number of hydrogen-bond acceptors (Lipinski definition) is 3. The Kier molecular flexibility index (Phi) is 6.55. The number of nitrogens with one attached hydrogen (secondary N) is 1. The zero-order chi connectivity index (χ0) is 22.7. The van der Waals surface area contributed by atoms with Gasteiger partial charge in [-0.3, -0.25) is 9.69 Å². The minimum Gasteiger partial charge on any atom is -0.313 e. The Bertz CT molecular complexity index is 1170. The number of carbonyl (C=O) groups excluding carboxylic acids is 1. The van der Waals surface area contributed by atoms with E-state index < -0.39 is 0 Å². The maximum Gasteiger partial charge on any atom is 0.322 e. The van der Waals surface area contributed by atoms with E-state index in [1.54, 1.807) is 33.9 Å². The smallest absolute Gasteiger partial charge is 0.313 e. The molecule has 2 heterocycles. The Labute approximate surface area is 187 Å². The highest BCUT2D eigenvalue weighted by Crippen LogP contribution is 2.22. The third-order valence-electron chi connectivity index (χ3n) is 5.71. The molecule has 32 heavy (non-hydrogen) atoms. The van der Waals surface area contributed by atoms with Gasteiger partial charge in [0.05, 0.1) is 12.4 Å². The summed E-state index contributed by atoms with van der Waals surface area (Å²) in [5, 5.41) is 4.33. The van der Waals surface area contributed by atoms with Gasteiger partial charge in [-0.1, -0.05) is 50.2 Å². The predicted octanol–water partition coefficient (Wildman–Crippen LogP) is 4.49. The highest BCUT2D eigenvalue weighted by molar-refractivity contribution is 6.01.